The molecule has 0 saturated heterocycles. The van der Waals surface area contributed by atoms with Gasteiger partial charge in [-0.25, -0.2) is 0 Å². The Morgan fingerprint density at radius 3 is 1.38 bits per heavy atom. The van der Waals surface area contributed by atoms with Gasteiger partial charge in [-0.2, -0.15) is 0 Å². The number of rotatable bonds is 0. The van der Waals surface area contributed by atoms with Crippen molar-refractivity contribution >= 4 is 13.3 Å². The zero-order valence-electron chi connectivity index (χ0n) is 15.7. The van der Waals surface area contributed by atoms with Gasteiger partial charge < -0.3 is 0 Å². The zero-order valence-corrected chi connectivity index (χ0v) is 16.7. The highest BCUT2D eigenvalue weighted by Crippen LogP contribution is 2.72. The second kappa shape index (κ2) is 3.50. The van der Waals surface area contributed by atoms with Crippen LogP contribution in [0.3, 0.4) is 0 Å². The summed E-state index contributed by atoms with van der Waals surface area (Å²) in [5.41, 5.74) is 5.32. The molecule has 2 aliphatic rings. The maximum Gasteiger partial charge on any atom is 0.0972 e. The average molecular weight is 301 g/mol. The molecule has 0 fully saturated rings. The van der Waals surface area contributed by atoms with E-state index >= 15 is 0 Å². The van der Waals surface area contributed by atoms with E-state index in [0.29, 0.717) is 10.1 Å². The van der Waals surface area contributed by atoms with Crippen molar-refractivity contribution < 1.29 is 0 Å². The van der Waals surface area contributed by atoms with E-state index < -0.39 is 8.07 Å². The van der Waals surface area contributed by atoms with Crippen LogP contribution in [-0.2, 0) is 10.8 Å². The molecular formula is C20H32Si. The van der Waals surface area contributed by atoms with Gasteiger partial charge in [0, 0.05) is 0 Å². The molecule has 0 atom stereocenters. The van der Waals surface area contributed by atoms with Crippen LogP contribution in [0.4, 0.5) is 0 Å². The third-order valence-electron chi connectivity index (χ3n) is 8.75. The van der Waals surface area contributed by atoms with Crippen LogP contribution < -0.4 is 5.19 Å². The molecule has 1 heteroatoms. The van der Waals surface area contributed by atoms with Crippen LogP contribution >= 0.6 is 0 Å². The van der Waals surface area contributed by atoms with Gasteiger partial charge in [0.15, 0.2) is 0 Å². The van der Waals surface area contributed by atoms with Gasteiger partial charge in [-0.15, -0.1) is 0 Å². The summed E-state index contributed by atoms with van der Waals surface area (Å²) >= 11 is 0. The molecule has 0 nitrogen and oxygen atoms in total. The highest BCUT2D eigenvalue weighted by atomic mass is 28.3. The van der Waals surface area contributed by atoms with E-state index in [9.17, 15) is 0 Å². The van der Waals surface area contributed by atoms with E-state index in [2.05, 4.69) is 81.0 Å². The monoisotopic (exact) mass is 300 g/mol. The molecular weight excluding hydrogens is 268 g/mol. The fourth-order valence-corrected chi connectivity index (χ4v) is 13.1. The number of hydrogen-bond donors (Lipinski definition) is 0. The Bertz CT molecular complexity index is 595. The van der Waals surface area contributed by atoms with Gasteiger partial charge in [0.25, 0.3) is 0 Å². The van der Waals surface area contributed by atoms with Crippen molar-refractivity contribution in [2.45, 2.75) is 89.8 Å². The van der Waals surface area contributed by atoms with Gasteiger partial charge in [-0.05, 0) is 39.0 Å². The van der Waals surface area contributed by atoms with Gasteiger partial charge in [0.2, 0.25) is 0 Å². The number of aryl methyl sites for hydroxylation is 1. The molecule has 1 aromatic rings. The van der Waals surface area contributed by atoms with Crippen molar-refractivity contribution in [2.75, 3.05) is 0 Å². The summed E-state index contributed by atoms with van der Waals surface area (Å²) in [5.74, 6) is 0. The van der Waals surface area contributed by atoms with E-state index in [1.807, 2.05) is 0 Å². The Morgan fingerprint density at radius 1 is 0.714 bits per heavy atom. The normalized spacial score (nSPS) is 28.5. The second-order valence-electron chi connectivity index (χ2n) is 9.86. The first-order valence-electron chi connectivity index (χ1n) is 8.40. The lowest BCUT2D eigenvalue weighted by Gasteiger charge is -2.54. The third kappa shape index (κ3) is 1.23. The Hall–Kier alpha value is -0.563. The van der Waals surface area contributed by atoms with Crippen LogP contribution in [0, 0.1) is 6.92 Å². The average Bonchev–Trinajstić information content (AvgIpc) is 2.53. The molecule has 1 aromatic carbocycles. The quantitative estimate of drug-likeness (QED) is 0.561. The molecule has 116 valence electrons. The van der Waals surface area contributed by atoms with Crippen molar-refractivity contribution in [1.82, 2.24) is 0 Å². The Balaban J connectivity index is 2.56. The summed E-state index contributed by atoms with van der Waals surface area (Å²) in [6, 6.07) is 4.99. The summed E-state index contributed by atoms with van der Waals surface area (Å²) in [6.45, 7) is 25.1. The standard InChI is InChI=1S/C20H32Si/c1-13-11-14-16-15(12-13)18(4,5)20(8,9)21(16,10)19(6,7)17(14,2)3/h11-12H,1-10H3. The lowest BCUT2D eigenvalue weighted by atomic mass is 9.69. The second-order valence-corrected chi connectivity index (χ2v) is 15.1. The first kappa shape index (κ1) is 15.3. The van der Waals surface area contributed by atoms with Crippen molar-refractivity contribution in [3.05, 3.63) is 28.8 Å². The van der Waals surface area contributed by atoms with Crippen LogP contribution in [-0.4, -0.2) is 8.07 Å². The van der Waals surface area contributed by atoms with Gasteiger partial charge in [0.05, 0.1) is 8.07 Å². The third-order valence-corrected chi connectivity index (χ3v) is 16.5. The highest BCUT2D eigenvalue weighted by molar-refractivity contribution is 6.98. The van der Waals surface area contributed by atoms with Crippen molar-refractivity contribution in [1.29, 1.82) is 0 Å². The molecule has 2 heterocycles. The van der Waals surface area contributed by atoms with Crippen LogP contribution in [0.1, 0.15) is 72.1 Å². The highest BCUT2D eigenvalue weighted by Gasteiger charge is 2.73. The summed E-state index contributed by atoms with van der Waals surface area (Å²) in [4.78, 5) is 0. The molecule has 0 amide bonds. The van der Waals surface area contributed by atoms with Gasteiger partial charge >= 0.3 is 0 Å². The van der Waals surface area contributed by atoms with Gasteiger partial charge in [0.1, 0.15) is 0 Å². The first-order valence-corrected chi connectivity index (χ1v) is 10.9. The molecule has 0 aromatic heterocycles. The Kier molecular flexibility index (Phi) is 2.56. The first-order chi connectivity index (χ1) is 9.24. The molecule has 0 radical (unpaired) electrons. The van der Waals surface area contributed by atoms with E-state index in [0.717, 1.165) is 0 Å². The van der Waals surface area contributed by atoms with Gasteiger partial charge in [-0.3, -0.25) is 0 Å². The molecule has 2 aliphatic heterocycles. The largest absolute Gasteiger partial charge is 0.0972 e. The topological polar surface area (TPSA) is 0 Å². The van der Waals surface area contributed by atoms with E-state index in [-0.39, 0.29) is 10.8 Å². The summed E-state index contributed by atoms with van der Waals surface area (Å²) < 4.78 is 0. The van der Waals surface area contributed by atoms with E-state index in [4.69, 9.17) is 0 Å². The lowest BCUT2D eigenvalue weighted by Crippen LogP contribution is -2.58. The predicted octanol–water partition coefficient (Wildman–Crippen LogP) is 5.42. The molecule has 0 saturated carbocycles. The summed E-state index contributed by atoms with van der Waals surface area (Å²) in [7, 11) is -1.64. The smallest absolute Gasteiger partial charge is 0.0644 e. The molecule has 0 N–H and O–H groups in total. The number of benzene rings is 1. The van der Waals surface area contributed by atoms with Crippen LogP contribution in [0.2, 0.25) is 16.6 Å². The Morgan fingerprint density at radius 2 is 1.05 bits per heavy atom. The fraction of sp³-hybridized carbons (Fsp3) is 0.700. The molecule has 0 bridgehead atoms. The molecule has 0 spiro atoms. The Labute approximate surface area is 132 Å². The van der Waals surface area contributed by atoms with Crippen molar-refractivity contribution in [3.8, 4) is 0 Å². The minimum Gasteiger partial charge on any atom is -0.0644 e. The molecule has 0 unspecified atom stereocenters. The fourth-order valence-electron chi connectivity index (χ4n) is 5.64. The molecule has 21 heavy (non-hydrogen) atoms. The zero-order chi connectivity index (χ0) is 16.2. The van der Waals surface area contributed by atoms with E-state index in [1.54, 1.807) is 16.3 Å². The SMILES string of the molecule is Cc1cc2c3c(c1)C(C)(C)C(C)(C)[Si]3(C)C(C)(C)C2(C)C. The minimum absolute atomic E-state index is 0.276. The number of hydrogen-bond acceptors (Lipinski definition) is 0. The maximum atomic E-state index is 2.67. The summed E-state index contributed by atoms with van der Waals surface area (Å²) in [5, 5.41) is 2.56. The van der Waals surface area contributed by atoms with Crippen molar-refractivity contribution in [2.24, 2.45) is 0 Å². The van der Waals surface area contributed by atoms with E-state index in [1.165, 1.54) is 5.56 Å². The van der Waals surface area contributed by atoms with Gasteiger partial charge in [-0.1, -0.05) is 84.8 Å². The van der Waals surface area contributed by atoms with Crippen molar-refractivity contribution in [3.63, 3.8) is 0 Å². The predicted molar refractivity (Wildman–Crippen MR) is 96.6 cm³/mol. The lowest BCUT2D eigenvalue weighted by molar-refractivity contribution is 0.338. The summed E-state index contributed by atoms with van der Waals surface area (Å²) in [6.07, 6.45) is 0. The maximum absolute atomic E-state index is 2.67. The van der Waals surface area contributed by atoms with Crippen LogP contribution in [0.5, 0.6) is 0 Å². The molecule has 3 rings (SSSR count). The molecule has 0 aliphatic carbocycles. The van der Waals surface area contributed by atoms with Crippen LogP contribution in [0.25, 0.3) is 0 Å². The minimum atomic E-state index is -1.64. The van der Waals surface area contributed by atoms with Crippen LogP contribution in [0.15, 0.2) is 12.1 Å².